The minimum atomic E-state index is -0.121. The Kier molecular flexibility index (Phi) is 6.57. The van der Waals surface area contributed by atoms with E-state index in [4.69, 9.17) is 18.0 Å². The number of likely N-dealkylation sites (tertiary alicyclic amines) is 1. The van der Waals surface area contributed by atoms with Crippen molar-refractivity contribution < 1.29 is 4.79 Å². The number of nitrogens with two attached hydrogens (primary N) is 1. The molecule has 1 unspecified atom stereocenters. The van der Waals surface area contributed by atoms with Crippen molar-refractivity contribution in [2.24, 2.45) is 5.73 Å². The van der Waals surface area contributed by atoms with Gasteiger partial charge in [0.25, 0.3) is 0 Å². The molecule has 0 spiro atoms. The van der Waals surface area contributed by atoms with Crippen LogP contribution in [0.4, 0.5) is 0 Å². The van der Waals surface area contributed by atoms with Crippen LogP contribution in [0.2, 0.25) is 0 Å². The van der Waals surface area contributed by atoms with Crippen molar-refractivity contribution in [2.75, 3.05) is 26.2 Å². The first-order chi connectivity index (χ1) is 8.56. The normalized spacial score (nSPS) is 17.8. The summed E-state index contributed by atoms with van der Waals surface area (Å²) in [4.78, 5) is 16.9. The monoisotopic (exact) mass is 271 g/mol. The van der Waals surface area contributed by atoms with Gasteiger partial charge >= 0.3 is 0 Å². The molecule has 0 radical (unpaired) electrons. The van der Waals surface area contributed by atoms with Gasteiger partial charge < -0.3 is 10.6 Å². The number of rotatable bonds is 6. The van der Waals surface area contributed by atoms with Crippen molar-refractivity contribution in [1.29, 1.82) is 0 Å². The number of carbonyl (C=O) groups is 1. The third-order valence-electron chi connectivity index (χ3n) is 3.44. The topological polar surface area (TPSA) is 49.6 Å². The molecule has 2 N–H and O–H groups in total. The van der Waals surface area contributed by atoms with Crippen LogP contribution in [0.25, 0.3) is 0 Å². The molecule has 1 fully saturated rings. The summed E-state index contributed by atoms with van der Waals surface area (Å²) in [6, 6.07) is -0.121. The zero-order valence-corrected chi connectivity index (χ0v) is 12.3. The highest BCUT2D eigenvalue weighted by molar-refractivity contribution is 7.80. The summed E-state index contributed by atoms with van der Waals surface area (Å²) in [5.41, 5.74) is 5.60. The fourth-order valence-corrected chi connectivity index (χ4v) is 2.60. The first-order valence-corrected chi connectivity index (χ1v) is 7.28. The molecule has 1 aliphatic heterocycles. The van der Waals surface area contributed by atoms with Crippen LogP contribution in [-0.4, -0.2) is 52.9 Å². The number of hydrogen-bond acceptors (Lipinski definition) is 3. The molecule has 0 aromatic carbocycles. The molecule has 18 heavy (non-hydrogen) atoms. The first kappa shape index (κ1) is 15.4. The summed E-state index contributed by atoms with van der Waals surface area (Å²) in [7, 11) is 0. The third-order valence-corrected chi connectivity index (χ3v) is 3.57. The smallest absolute Gasteiger partial charge is 0.239 e. The maximum atomic E-state index is 12.4. The van der Waals surface area contributed by atoms with Crippen molar-refractivity contribution >= 4 is 23.1 Å². The molecule has 104 valence electrons. The molecule has 1 heterocycles. The van der Waals surface area contributed by atoms with E-state index in [0.29, 0.717) is 11.5 Å². The zero-order valence-electron chi connectivity index (χ0n) is 11.5. The SMILES string of the molecule is CCCN(CC(N)=S)C(C)C(=O)N1CCCCC1. The number of thiocarbonyl (C=S) groups is 1. The lowest BCUT2D eigenvalue weighted by Gasteiger charge is -2.34. The fourth-order valence-electron chi connectivity index (χ4n) is 2.43. The Balaban J connectivity index is 2.59. The van der Waals surface area contributed by atoms with Crippen molar-refractivity contribution in [2.45, 2.75) is 45.6 Å². The Bertz CT molecular complexity index is 290. The Labute approximate surface area is 115 Å². The van der Waals surface area contributed by atoms with Gasteiger partial charge in [0.2, 0.25) is 5.91 Å². The van der Waals surface area contributed by atoms with E-state index in [1.165, 1.54) is 6.42 Å². The lowest BCUT2D eigenvalue weighted by molar-refractivity contribution is -0.137. The average Bonchev–Trinajstić information content (AvgIpc) is 2.37. The maximum absolute atomic E-state index is 12.4. The number of nitrogens with zero attached hydrogens (tertiary/aromatic N) is 2. The molecule has 0 saturated carbocycles. The van der Waals surface area contributed by atoms with Crippen LogP contribution in [0, 0.1) is 0 Å². The van der Waals surface area contributed by atoms with E-state index in [2.05, 4.69) is 11.8 Å². The average molecular weight is 271 g/mol. The Morgan fingerprint density at radius 1 is 1.39 bits per heavy atom. The van der Waals surface area contributed by atoms with Gasteiger partial charge in [-0.25, -0.2) is 0 Å². The summed E-state index contributed by atoms with van der Waals surface area (Å²) in [5, 5.41) is 0. The number of hydrogen-bond donors (Lipinski definition) is 1. The predicted molar refractivity (Wildman–Crippen MR) is 78.5 cm³/mol. The van der Waals surface area contributed by atoms with Gasteiger partial charge in [0.05, 0.1) is 11.0 Å². The van der Waals surface area contributed by atoms with Crippen molar-refractivity contribution in [3.05, 3.63) is 0 Å². The van der Waals surface area contributed by atoms with Crippen LogP contribution >= 0.6 is 12.2 Å². The number of piperidine rings is 1. The maximum Gasteiger partial charge on any atom is 0.239 e. The Morgan fingerprint density at radius 2 is 2.00 bits per heavy atom. The molecule has 1 aliphatic rings. The van der Waals surface area contributed by atoms with E-state index in [-0.39, 0.29) is 11.9 Å². The summed E-state index contributed by atoms with van der Waals surface area (Å²) in [5.74, 6) is 0.222. The molecular formula is C13H25N3OS. The van der Waals surface area contributed by atoms with Gasteiger partial charge in [-0.15, -0.1) is 0 Å². The second kappa shape index (κ2) is 7.69. The van der Waals surface area contributed by atoms with Gasteiger partial charge in [-0.1, -0.05) is 19.1 Å². The molecule has 1 rings (SSSR count). The van der Waals surface area contributed by atoms with E-state index in [1.54, 1.807) is 0 Å². The van der Waals surface area contributed by atoms with Crippen LogP contribution in [0.5, 0.6) is 0 Å². The number of carbonyl (C=O) groups excluding carboxylic acids is 1. The minimum Gasteiger partial charge on any atom is -0.392 e. The molecule has 1 amide bonds. The Morgan fingerprint density at radius 3 is 2.50 bits per heavy atom. The second-order valence-electron chi connectivity index (χ2n) is 5.00. The van der Waals surface area contributed by atoms with Gasteiger partial charge in [0.15, 0.2) is 0 Å². The van der Waals surface area contributed by atoms with Crippen molar-refractivity contribution in [1.82, 2.24) is 9.80 Å². The highest BCUT2D eigenvalue weighted by Gasteiger charge is 2.26. The van der Waals surface area contributed by atoms with E-state index in [1.807, 2.05) is 11.8 Å². The van der Waals surface area contributed by atoms with E-state index >= 15 is 0 Å². The fraction of sp³-hybridized carbons (Fsp3) is 0.846. The molecule has 0 aliphatic carbocycles. The molecule has 0 bridgehead atoms. The molecule has 0 aromatic heterocycles. The summed E-state index contributed by atoms with van der Waals surface area (Å²) in [6.45, 7) is 7.25. The van der Waals surface area contributed by atoms with Crippen molar-refractivity contribution in [3.8, 4) is 0 Å². The van der Waals surface area contributed by atoms with E-state index in [9.17, 15) is 4.79 Å². The zero-order chi connectivity index (χ0) is 13.5. The van der Waals surface area contributed by atoms with Crippen LogP contribution in [0.3, 0.4) is 0 Å². The highest BCUT2D eigenvalue weighted by Crippen LogP contribution is 2.12. The highest BCUT2D eigenvalue weighted by atomic mass is 32.1. The molecule has 0 aromatic rings. The van der Waals surface area contributed by atoms with Gasteiger partial charge in [-0.3, -0.25) is 9.69 Å². The molecule has 1 saturated heterocycles. The lowest BCUT2D eigenvalue weighted by atomic mass is 10.1. The van der Waals surface area contributed by atoms with Gasteiger partial charge in [-0.05, 0) is 39.2 Å². The lowest BCUT2D eigenvalue weighted by Crippen LogP contribution is -2.50. The summed E-state index contributed by atoms with van der Waals surface area (Å²) >= 11 is 4.96. The molecule has 4 nitrogen and oxygen atoms in total. The standard InChI is InChI=1S/C13H25N3OS/c1-3-7-16(10-12(14)18)11(2)13(17)15-8-5-4-6-9-15/h11H,3-10H2,1-2H3,(H2,14,18). The van der Waals surface area contributed by atoms with E-state index < -0.39 is 0 Å². The molecule has 5 heteroatoms. The predicted octanol–water partition coefficient (Wildman–Crippen LogP) is 1.39. The first-order valence-electron chi connectivity index (χ1n) is 6.87. The quantitative estimate of drug-likeness (QED) is 0.742. The van der Waals surface area contributed by atoms with Crippen LogP contribution in [0.15, 0.2) is 0 Å². The van der Waals surface area contributed by atoms with Gasteiger partial charge in [0.1, 0.15) is 0 Å². The van der Waals surface area contributed by atoms with Crippen LogP contribution in [-0.2, 0) is 4.79 Å². The van der Waals surface area contributed by atoms with Crippen LogP contribution < -0.4 is 5.73 Å². The number of amides is 1. The Hall–Kier alpha value is -0.680. The van der Waals surface area contributed by atoms with Crippen LogP contribution in [0.1, 0.15) is 39.5 Å². The second-order valence-corrected chi connectivity index (χ2v) is 5.52. The van der Waals surface area contributed by atoms with Gasteiger partial charge in [-0.2, -0.15) is 0 Å². The summed E-state index contributed by atoms with van der Waals surface area (Å²) < 4.78 is 0. The third kappa shape index (κ3) is 4.53. The molecular weight excluding hydrogens is 246 g/mol. The summed E-state index contributed by atoms with van der Waals surface area (Å²) in [6.07, 6.45) is 4.49. The molecule has 1 atom stereocenters. The van der Waals surface area contributed by atoms with Crippen molar-refractivity contribution in [3.63, 3.8) is 0 Å². The van der Waals surface area contributed by atoms with E-state index in [0.717, 1.165) is 38.9 Å². The largest absolute Gasteiger partial charge is 0.392 e. The minimum absolute atomic E-state index is 0.121. The van der Waals surface area contributed by atoms with Gasteiger partial charge in [0, 0.05) is 19.6 Å².